The van der Waals surface area contributed by atoms with Gasteiger partial charge >= 0.3 is 0 Å². The Labute approximate surface area is 95.9 Å². The Kier molecular flexibility index (Phi) is 5.23. The van der Waals surface area contributed by atoms with E-state index < -0.39 is 11.6 Å². The van der Waals surface area contributed by atoms with Crippen LogP contribution in [0.4, 0.5) is 14.5 Å². The predicted octanol–water partition coefficient (Wildman–Crippen LogP) is 4.35. The Morgan fingerprint density at radius 3 is 2.31 bits per heavy atom. The molecule has 0 aliphatic rings. The van der Waals surface area contributed by atoms with E-state index in [2.05, 4.69) is 12.2 Å². The molecule has 90 valence electrons. The molecule has 0 bridgehead atoms. The Balaban J connectivity index is 2.45. The van der Waals surface area contributed by atoms with Crippen LogP contribution in [0.3, 0.4) is 0 Å². The van der Waals surface area contributed by atoms with Crippen molar-refractivity contribution in [3.63, 3.8) is 0 Å². The minimum absolute atomic E-state index is 0.243. The third-order valence-electron chi connectivity index (χ3n) is 2.52. The highest BCUT2D eigenvalue weighted by Crippen LogP contribution is 2.15. The second-order valence-corrected chi connectivity index (χ2v) is 4.20. The summed E-state index contributed by atoms with van der Waals surface area (Å²) in [7, 11) is 0. The van der Waals surface area contributed by atoms with Crippen molar-refractivity contribution in [1.82, 2.24) is 0 Å². The summed E-state index contributed by atoms with van der Waals surface area (Å²) in [5.74, 6) is -1.08. The van der Waals surface area contributed by atoms with Crippen LogP contribution < -0.4 is 5.32 Å². The van der Waals surface area contributed by atoms with Gasteiger partial charge in [-0.15, -0.1) is 0 Å². The molecule has 1 aromatic carbocycles. The zero-order valence-corrected chi connectivity index (χ0v) is 9.89. The molecule has 1 aromatic rings. The largest absolute Gasteiger partial charge is 0.382 e. The van der Waals surface area contributed by atoms with Crippen LogP contribution in [-0.2, 0) is 0 Å². The zero-order valence-electron chi connectivity index (χ0n) is 9.89. The van der Waals surface area contributed by atoms with Crippen LogP contribution in [0.25, 0.3) is 0 Å². The van der Waals surface area contributed by atoms with Gasteiger partial charge in [0.15, 0.2) is 0 Å². The van der Waals surface area contributed by atoms with Gasteiger partial charge in [0.2, 0.25) is 0 Å². The number of anilines is 1. The molecule has 0 heterocycles. The average molecular weight is 227 g/mol. The van der Waals surface area contributed by atoms with Crippen LogP contribution in [0.1, 0.15) is 39.5 Å². The number of nitrogens with one attached hydrogen (secondary N) is 1. The summed E-state index contributed by atoms with van der Waals surface area (Å²) in [6.07, 6.45) is 4.54. The van der Waals surface area contributed by atoms with E-state index in [1.807, 2.05) is 6.92 Å². The molecule has 0 aliphatic heterocycles. The monoisotopic (exact) mass is 227 g/mol. The molecule has 0 saturated carbocycles. The van der Waals surface area contributed by atoms with Crippen molar-refractivity contribution in [1.29, 1.82) is 0 Å². The third-order valence-corrected chi connectivity index (χ3v) is 2.52. The number of hydrogen-bond acceptors (Lipinski definition) is 1. The molecule has 0 saturated heterocycles. The van der Waals surface area contributed by atoms with Crippen molar-refractivity contribution < 1.29 is 8.78 Å². The molecule has 0 radical (unpaired) electrons. The van der Waals surface area contributed by atoms with Crippen LogP contribution in [0.15, 0.2) is 18.2 Å². The first-order valence-corrected chi connectivity index (χ1v) is 5.84. The number of unbranched alkanes of at least 4 members (excludes halogenated alkanes) is 2. The fraction of sp³-hybridized carbons (Fsp3) is 0.538. The summed E-state index contributed by atoms with van der Waals surface area (Å²) in [5.41, 5.74) is 0.515. The van der Waals surface area contributed by atoms with Gasteiger partial charge in [-0.2, -0.15) is 0 Å². The molecule has 1 unspecified atom stereocenters. The zero-order chi connectivity index (χ0) is 12.0. The topological polar surface area (TPSA) is 12.0 Å². The van der Waals surface area contributed by atoms with Gasteiger partial charge in [0.05, 0.1) is 0 Å². The van der Waals surface area contributed by atoms with Crippen LogP contribution in [0.5, 0.6) is 0 Å². The van der Waals surface area contributed by atoms with Crippen LogP contribution in [0, 0.1) is 11.6 Å². The van der Waals surface area contributed by atoms with Gasteiger partial charge in [-0.05, 0) is 25.5 Å². The standard InChI is InChI=1S/C13H19F2N/c1-3-4-5-6-10(2)16-13-8-11(14)7-12(15)9-13/h7-10,16H,3-6H2,1-2H3. The van der Waals surface area contributed by atoms with Crippen LogP contribution in [-0.4, -0.2) is 6.04 Å². The summed E-state index contributed by atoms with van der Waals surface area (Å²) in [5, 5.41) is 3.10. The second kappa shape index (κ2) is 6.46. The van der Waals surface area contributed by atoms with E-state index in [4.69, 9.17) is 0 Å². The number of benzene rings is 1. The molecule has 0 spiro atoms. The molecular formula is C13H19F2N. The molecule has 1 nitrogen and oxygen atoms in total. The maximum absolute atomic E-state index is 12.9. The molecule has 16 heavy (non-hydrogen) atoms. The summed E-state index contributed by atoms with van der Waals surface area (Å²) in [6, 6.07) is 3.76. The van der Waals surface area contributed by atoms with Gasteiger partial charge in [-0.25, -0.2) is 8.78 Å². The summed E-state index contributed by atoms with van der Waals surface area (Å²) in [4.78, 5) is 0. The number of halogens is 2. The van der Waals surface area contributed by atoms with Crippen LogP contribution >= 0.6 is 0 Å². The van der Waals surface area contributed by atoms with Crippen molar-refractivity contribution in [3.05, 3.63) is 29.8 Å². The first kappa shape index (κ1) is 12.9. The van der Waals surface area contributed by atoms with Crippen molar-refractivity contribution in [2.75, 3.05) is 5.32 Å². The van der Waals surface area contributed by atoms with E-state index >= 15 is 0 Å². The highest BCUT2D eigenvalue weighted by atomic mass is 19.1. The van der Waals surface area contributed by atoms with Gasteiger partial charge < -0.3 is 5.32 Å². The number of rotatable bonds is 6. The Morgan fingerprint density at radius 1 is 1.12 bits per heavy atom. The average Bonchev–Trinajstić information content (AvgIpc) is 2.16. The lowest BCUT2D eigenvalue weighted by molar-refractivity contribution is 0.581. The Morgan fingerprint density at radius 2 is 1.75 bits per heavy atom. The molecule has 1 rings (SSSR count). The predicted molar refractivity (Wildman–Crippen MR) is 63.6 cm³/mol. The van der Waals surface area contributed by atoms with Gasteiger partial charge in [-0.1, -0.05) is 26.2 Å². The van der Waals surface area contributed by atoms with Crippen molar-refractivity contribution in [3.8, 4) is 0 Å². The fourth-order valence-corrected chi connectivity index (χ4v) is 1.69. The van der Waals surface area contributed by atoms with E-state index in [1.54, 1.807) is 0 Å². The maximum atomic E-state index is 12.9. The van der Waals surface area contributed by atoms with Gasteiger partial charge in [0.25, 0.3) is 0 Å². The minimum atomic E-state index is -0.539. The molecule has 1 atom stereocenters. The number of hydrogen-bond donors (Lipinski definition) is 1. The second-order valence-electron chi connectivity index (χ2n) is 4.20. The van der Waals surface area contributed by atoms with E-state index in [0.717, 1.165) is 18.9 Å². The summed E-state index contributed by atoms with van der Waals surface area (Å²) >= 11 is 0. The summed E-state index contributed by atoms with van der Waals surface area (Å²) in [6.45, 7) is 4.18. The lowest BCUT2D eigenvalue weighted by Gasteiger charge is -2.15. The third kappa shape index (κ3) is 4.60. The highest BCUT2D eigenvalue weighted by molar-refractivity contribution is 5.44. The first-order valence-electron chi connectivity index (χ1n) is 5.84. The van der Waals surface area contributed by atoms with Crippen molar-refractivity contribution in [2.45, 2.75) is 45.6 Å². The first-order chi connectivity index (χ1) is 7.61. The fourth-order valence-electron chi connectivity index (χ4n) is 1.69. The molecule has 0 aromatic heterocycles. The molecule has 0 aliphatic carbocycles. The lowest BCUT2D eigenvalue weighted by Crippen LogP contribution is -2.15. The molecule has 1 N–H and O–H groups in total. The maximum Gasteiger partial charge on any atom is 0.128 e. The Bertz CT molecular complexity index is 305. The Hall–Kier alpha value is -1.12. The SMILES string of the molecule is CCCCCC(C)Nc1cc(F)cc(F)c1. The van der Waals surface area contributed by atoms with Gasteiger partial charge in [0.1, 0.15) is 11.6 Å². The quantitative estimate of drug-likeness (QED) is 0.712. The van der Waals surface area contributed by atoms with Gasteiger partial charge in [-0.3, -0.25) is 0 Å². The smallest absolute Gasteiger partial charge is 0.128 e. The summed E-state index contributed by atoms with van der Waals surface area (Å²) < 4.78 is 25.8. The minimum Gasteiger partial charge on any atom is -0.382 e. The van der Waals surface area contributed by atoms with E-state index in [1.165, 1.54) is 25.0 Å². The molecule has 0 fully saturated rings. The van der Waals surface area contributed by atoms with Crippen molar-refractivity contribution in [2.24, 2.45) is 0 Å². The molecular weight excluding hydrogens is 208 g/mol. The van der Waals surface area contributed by atoms with Gasteiger partial charge in [0, 0.05) is 17.8 Å². The highest BCUT2D eigenvalue weighted by Gasteiger charge is 2.04. The normalized spacial score (nSPS) is 12.5. The lowest BCUT2D eigenvalue weighted by atomic mass is 10.1. The molecule has 0 amide bonds. The van der Waals surface area contributed by atoms with E-state index in [0.29, 0.717) is 5.69 Å². The van der Waals surface area contributed by atoms with Crippen molar-refractivity contribution >= 4 is 5.69 Å². The molecule has 3 heteroatoms. The van der Waals surface area contributed by atoms with E-state index in [-0.39, 0.29) is 6.04 Å². The van der Waals surface area contributed by atoms with E-state index in [9.17, 15) is 8.78 Å². The van der Waals surface area contributed by atoms with Crippen LogP contribution in [0.2, 0.25) is 0 Å².